The van der Waals surface area contributed by atoms with Crippen molar-refractivity contribution in [3.05, 3.63) is 65.5 Å². The zero-order valence-electron chi connectivity index (χ0n) is 18.9. The molecule has 9 heteroatoms. The van der Waals surface area contributed by atoms with Crippen LogP contribution in [0.1, 0.15) is 18.5 Å². The molecule has 2 aromatic rings. The van der Waals surface area contributed by atoms with Gasteiger partial charge in [-0.2, -0.15) is 0 Å². The molecule has 0 bridgehead atoms. The van der Waals surface area contributed by atoms with Gasteiger partial charge < -0.3 is 25.0 Å². The molecule has 1 atom stereocenters. The second-order valence-corrected chi connectivity index (χ2v) is 7.84. The van der Waals surface area contributed by atoms with Crippen LogP contribution in [-0.4, -0.2) is 68.3 Å². The number of carbonyl (C=O) groups excluding carboxylic acids is 2. The van der Waals surface area contributed by atoms with Gasteiger partial charge in [0.2, 0.25) is 0 Å². The minimum absolute atomic E-state index is 0.360. The summed E-state index contributed by atoms with van der Waals surface area (Å²) in [5.41, 5.74) is 1.65. The van der Waals surface area contributed by atoms with E-state index in [1.165, 1.54) is 7.11 Å². The van der Waals surface area contributed by atoms with Crippen molar-refractivity contribution in [3.63, 3.8) is 0 Å². The fourth-order valence-corrected chi connectivity index (χ4v) is 4.23. The Kier molecular flexibility index (Phi) is 7.09. The van der Waals surface area contributed by atoms with Crippen LogP contribution in [0.15, 0.2) is 59.9 Å². The van der Waals surface area contributed by atoms with Gasteiger partial charge in [-0.1, -0.05) is 24.3 Å². The number of benzene rings is 1. The van der Waals surface area contributed by atoms with E-state index in [0.29, 0.717) is 35.7 Å². The number of nitrogens with one attached hydrogen (secondary N) is 2. The number of ether oxygens (including phenoxy) is 2. The predicted molar refractivity (Wildman–Crippen MR) is 124 cm³/mol. The van der Waals surface area contributed by atoms with Crippen molar-refractivity contribution in [2.45, 2.75) is 13.0 Å². The van der Waals surface area contributed by atoms with Crippen LogP contribution < -0.4 is 20.3 Å². The van der Waals surface area contributed by atoms with E-state index in [-0.39, 0.29) is 6.03 Å². The minimum Gasteiger partial charge on any atom is -0.494 e. The average Bonchev–Trinajstić information content (AvgIpc) is 2.85. The monoisotopic (exact) mass is 451 g/mol. The molecule has 2 amide bonds. The number of aromatic nitrogens is 1. The van der Waals surface area contributed by atoms with Crippen LogP contribution >= 0.6 is 0 Å². The van der Waals surface area contributed by atoms with Crippen molar-refractivity contribution in [3.8, 4) is 5.75 Å². The highest BCUT2D eigenvalue weighted by Gasteiger charge is 2.35. The number of anilines is 1. The van der Waals surface area contributed by atoms with E-state index in [0.717, 1.165) is 32.0 Å². The first-order chi connectivity index (χ1) is 16.1. The summed E-state index contributed by atoms with van der Waals surface area (Å²) >= 11 is 0. The highest BCUT2D eigenvalue weighted by atomic mass is 16.5. The van der Waals surface area contributed by atoms with Crippen LogP contribution in [0.3, 0.4) is 0 Å². The molecule has 3 heterocycles. The highest BCUT2D eigenvalue weighted by Crippen LogP contribution is 2.34. The Bertz CT molecular complexity index is 1020. The fraction of sp³-hybridized carbons (Fsp3) is 0.375. The number of esters is 1. The molecular weight excluding hydrogens is 422 g/mol. The topological polar surface area (TPSA) is 96.0 Å². The minimum atomic E-state index is -0.668. The van der Waals surface area contributed by atoms with E-state index in [2.05, 4.69) is 25.4 Å². The molecule has 2 aliphatic heterocycles. The Morgan fingerprint density at radius 1 is 1.12 bits per heavy atom. The molecule has 2 aliphatic rings. The summed E-state index contributed by atoms with van der Waals surface area (Å²) in [5, 5.41) is 5.71. The van der Waals surface area contributed by atoms with Crippen molar-refractivity contribution in [2.75, 3.05) is 51.3 Å². The molecule has 0 aliphatic carbocycles. The number of rotatable bonds is 7. The molecule has 1 aromatic carbocycles. The molecule has 4 rings (SSSR count). The Morgan fingerprint density at radius 3 is 2.58 bits per heavy atom. The van der Waals surface area contributed by atoms with Crippen LogP contribution in [0.4, 0.5) is 10.6 Å². The standard InChI is InChI=1S/C24H29N5O4/c1-3-33-19-9-5-4-8-17(19)22-21(23(30)32-2)18(26-24(31)27-22)16-28-12-14-29(15-13-28)20-10-6-7-11-25-20/h4-11,22H,3,12-16H2,1-2H3,(H2,26,27,31)/t22-/m0/s1. The summed E-state index contributed by atoms with van der Waals surface area (Å²) < 4.78 is 10.9. The van der Waals surface area contributed by atoms with Gasteiger partial charge in [-0.15, -0.1) is 0 Å². The van der Waals surface area contributed by atoms with Crippen molar-refractivity contribution in [1.82, 2.24) is 20.5 Å². The third kappa shape index (κ3) is 5.09. The molecule has 0 spiro atoms. The van der Waals surface area contributed by atoms with Gasteiger partial charge in [-0.05, 0) is 25.1 Å². The lowest BCUT2D eigenvalue weighted by Crippen LogP contribution is -2.52. The highest BCUT2D eigenvalue weighted by molar-refractivity contribution is 5.95. The van der Waals surface area contributed by atoms with E-state index in [1.54, 1.807) is 6.20 Å². The van der Waals surface area contributed by atoms with Gasteiger partial charge in [0.05, 0.1) is 25.3 Å². The third-order valence-electron chi connectivity index (χ3n) is 5.82. The molecule has 1 aromatic heterocycles. The lowest BCUT2D eigenvalue weighted by Gasteiger charge is -2.37. The van der Waals surface area contributed by atoms with Gasteiger partial charge in [0, 0.05) is 50.2 Å². The summed E-state index contributed by atoms with van der Waals surface area (Å²) in [5.74, 6) is 1.09. The number of urea groups is 1. The first-order valence-electron chi connectivity index (χ1n) is 11.1. The maximum Gasteiger partial charge on any atom is 0.338 e. The lowest BCUT2D eigenvalue weighted by atomic mass is 9.94. The number of pyridine rings is 1. The smallest absolute Gasteiger partial charge is 0.338 e. The third-order valence-corrected chi connectivity index (χ3v) is 5.82. The molecule has 1 saturated heterocycles. The van der Waals surface area contributed by atoms with E-state index in [1.807, 2.05) is 49.4 Å². The normalized spacial score (nSPS) is 19.0. The van der Waals surface area contributed by atoms with Crippen LogP contribution in [0.2, 0.25) is 0 Å². The molecule has 0 radical (unpaired) electrons. The molecule has 33 heavy (non-hydrogen) atoms. The van der Waals surface area contributed by atoms with Crippen molar-refractivity contribution < 1.29 is 19.1 Å². The first-order valence-corrected chi connectivity index (χ1v) is 11.1. The maximum atomic E-state index is 12.9. The van der Waals surface area contributed by atoms with E-state index >= 15 is 0 Å². The second kappa shape index (κ2) is 10.4. The van der Waals surface area contributed by atoms with E-state index in [4.69, 9.17) is 9.47 Å². The molecule has 174 valence electrons. The molecule has 1 fully saturated rings. The SMILES string of the molecule is CCOc1ccccc1[C@@H]1NC(=O)NC(CN2CCN(c3ccccn3)CC2)=C1C(=O)OC. The number of para-hydroxylation sites is 1. The van der Waals surface area contributed by atoms with Crippen molar-refractivity contribution in [2.24, 2.45) is 0 Å². The van der Waals surface area contributed by atoms with E-state index in [9.17, 15) is 9.59 Å². The lowest BCUT2D eigenvalue weighted by molar-refractivity contribution is -0.136. The Balaban J connectivity index is 1.58. The zero-order valence-corrected chi connectivity index (χ0v) is 18.9. The zero-order chi connectivity index (χ0) is 23.2. The number of piperazine rings is 1. The summed E-state index contributed by atoms with van der Waals surface area (Å²) in [6, 6.07) is 12.3. The number of nitrogens with zero attached hydrogens (tertiary/aromatic N) is 3. The quantitative estimate of drug-likeness (QED) is 0.623. The predicted octanol–water partition coefficient (Wildman–Crippen LogP) is 2.08. The molecule has 9 nitrogen and oxygen atoms in total. The number of amides is 2. The largest absolute Gasteiger partial charge is 0.494 e. The second-order valence-electron chi connectivity index (χ2n) is 7.84. The fourth-order valence-electron chi connectivity index (χ4n) is 4.23. The Morgan fingerprint density at radius 2 is 1.88 bits per heavy atom. The number of methoxy groups -OCH3 is 1. The summed E-state index contributed by atoms with van der Waals surface area (Å²) in [7, 11) is 1.35. The summed E-state index contributed by atoms with van der Waals surface area (Å²) in [4.78, 5) is 34.3. The van der Waals surface area contributed by atoms with Gasteiger partial charge >= 0.3 is 12.0 Å². The van der Waals surface area contributed by atoms with Crippen LogP contribution in [-0.2, 0) is 9.53 Å². The summed E-state index contributed by atoms with van der Waals surface area (Å²) in [6.07, 6.45) is 1.79. The molecular formula is C24H29N5O4. The van der Waals surface area contributed by atoms with Gasteiger partial charge in [-0.3, -0.25) is 4.90 Å². The van der Waals surface area contributed by atoms with Gasteiger partial charge in [0.15, 0.2) is 0 Å². The van der Waals surface area contributed by atoms with Crippen LogP contribution in [0.5, 0.6) is 5.75 Å². The van der Waals surface area contributed by atoms with Crippen LogP contribution in [0.25, 0.3) is 0 Å². The molecule has 2 N–H and O–H groups in total. The van der Waals surface area contributed by atoms with Gasteiger partial charge in [-0.25, -0.2) is 14.6 Å². The molecule has 0 saturated carbocycles. The average molecular weight is 452 g/mol. The van der Waals surface area contributed by atoms with Gasteiger partial charge in [0.25, 0.3) is 0 Å². The Hall–Kier alpha value is -3.59. The molecule has 0 unspecified atom stereocenters. The summed E-state index contributed by atoms with van der Waals surface area (Å²) in [6.45, 7) is 5.96. The van der Waals surface area contributed by atoms with E-state index < -0.39 is 12.0 Å². The number of hydrogen-bond donors (Lipinski definition) is 2. The maximum absolute atomic E-state index is 12.9. The van der Waals surface area contributed by atoms with Crippen molar-refractivity contribution >= 4 is 17.8 Å². The van der Waals surface area contributed by atoms with Crippen molar-refractivity contribution in [1.29, 1.82) is 0 Å². The number of carbonyl (C=O) groups is 2. The number of hydrogen-bond acceptors (Lipinski definition) is 7. The first kappa shape index (κ1) is 22.6. The van der Waals surface area contributed by atoms with Crippen LogP contribution in [0, 0.1) is 0 Å². The Labute approximate surface area is 193 Å². The van der Waals surface area contributed by atoms with Gasteiger partial charge in [0.1, 0.15) is 11.6 Å².